The normalized spacial score (nSPS) is 11.6. The molecule has 4 heteroatoms. The highest BCUT2D eigenvalue weighted by molar-refractivity contribution is 7.26. The zero-order valence-electron chi connectivity index (χ0n) is 35.9. The number of fused-ring (bicyclic) bond motifs is 9. The summed E-state index contributed by atoms with van der Waals surface area (Å²) in [6.07, 6.45) is 0. The molecule has 2 aromatic heterocycles. The molecule has 0 unspecified atom stereocenters. The maximum Gasteiger partial charge on any atom is 0.0555 e. The molecule has 0 spiro atoms. The summed E-state index contributed by atoms with van der Waals surface area (Å²) in [7, 11) is 0. The van der Waals surface area contributed by atoms with E-state index in [1.807, 2.05) is 11.3 Å². The Morgan fingerprint density at radius 3 is 1.45 bits per heavy atom. The molecule has 0 N–H and O–H groups in total. The predicted octanol–water partition coefficient (Wildman–Crippen LogP) is 18.1. The molecule has 0 amide bonds. The second-order valence-electron chi connectivity index (χ2n) is 16.9. The van der Waals surface area contributed by atoms with Gasteiger partial charge in [-0.15, -0.1) is 11.3 Å². The van der Waals surface area contributed by atoms with Crippen molar-refractivity contribution in [3.63, 3.8) is 0 Å². The molecule has 13 aromatic rings. The van der Waals surface area contributed by atoms with E-state index < -0.39 is 0 Å². The first kappa shape index (κ1) is 38.1. The van der Waals surface area contributed by atoms with Crippen LogP contribution in [0.5, 0.6) is 0 Å². The van der Waals surface area contributed by atoms with Crippen LogP contribution in [0.1, 0.15) is 0 Å². The van der Waals surface area contributed by atoms with Gasteiger partial charge in [-0.2, -0.15) is 0 Å². The van der Waals surface area contributed by atoms with Crippen molar-refractivity contribution >= 4 is 109 Å². The Morgan fingerprint density at radius 2 is 0.833 bits per heavy atom. The molecule has 0 aliphatic rings. The van der Waals surface area contributed by atoms with Gasteiger partial charge in [0.2, 0.25) is 0 Å². The van der Waals surface area contributed by atoms with Gasteiger partial charge >= 0.3 is 0 Å². The lowest BCUT2D eigenvalue weighted by molar-refractivity contribution is 1.18. The smallest absolute Gasteiger partial charge is 0.0555 e. The summed E-state index contributed by atoms with van der Waals surface area (Å²) < 4.78 is 5.10. The van der Waals surface area contributed by atoms with Crippen LogP contribution in [0.3, 0.4) is 0 Å². The standard InChI is InChI=1S/C62H41N3S/c1-4-22-46(23-5-1)63(56-31-16-20-42-18-10-12-28-51(42)56)49-38-45(39-50(41-49)64(47-24-6-2-7-25-47)57-32-17-21-43-19-11-13-29-52(43)57)44-34-35-55-59(40-44)65(48-26-8-3-9-27-48)58-37-36-54-53-30-14-15-33-60(53)66-62(54)61(55)58/h1-41H. The minimum atomic E-state index is 1.06. The summed E-state index contributed by atoms with van der Waals surface area (Å²) in [5.74, 6) is 0. The van der Waals surface area contributed by atoms with Gasteiger partial charge in [0.15, 0.2) is 0 Å². The molecule has 0 aliphatic carbocycles. The summed E-state index contributed by atoms with van der Waals surface area (Å²) in [5.41, 5.74) is 12.3. The second-order valence-corrected chi connectivity index (χ2v) is 18.0. The molecule has 0 radical (unpaired) electrons. The summed E-state index contributed by atoms with van der Waals surface area (Å²) >= 11 is 1.89. The minimum absolute atomic E-state index is 1.06. The van der Waals surface area contributed by atoms with Crippen molar-refractivity contribution in [1.29, 1.82) is 0 Å². The topological polar surface area (TPSA) is 11.4 Å². The number of hydrogen-bond acceptors (Lipinski definition) is 3. The maximum atomic E-state index is 2.46. The van der Waals surface area contributed by atoms with Crippen LogP contribution >= 0.6 is 11.3 Å². The van der Waals surface area contributed by atoms with Crippen molar-refractivity contribution < 1.29 is 0 Å². The average Bonchev–Trinajstić information content (AvgIpc) is 3.93. The van der Waals surface area contributed by atoms with E-state index in [0.717, 1.165) is 50.9 Å². The van der Waals surface area contributed by atoms with Crippen LogP contribution in [0.15, 0.2) is 249 Å². The number of hydrogen-bond donors (Lipinski definition) is 0. The highest BCUT2D eigenvalue weighted by Gasteiger charge is 2.23. The van der Waals surface area contributed by atoms with Crippen LogP contribution < -0.4 is 9.80 Å². The highest BCUT2D eigenvalue weighted by Crippen LogP contribution is 2.48. The summed E-state index contributed by atoms with van der Waals surface area (Å²) in [5, 5.41) is 9.92. The van der Waals surface area contributed by atoms with E-state index in [9.17, 15) is 0 Å². The molecule has 11 aromatic carbocycles. The number of benzene rings is 11. The SMILES string of the molecule is c1ccc(N(c2cc(-c3ccc4c5c6sc7ccccc7c6ccc5n(-c5ccccc5)c4c3)cc(N(c3ccccc3)c3cccc4ccccc34)c2)c2cccc3ccccc23)cc1. The van der Waals surface area contributed by atoms with Crippen LogP contribution in [0.25, 0.3) is 80.3 Å². The number of thiophene rings is 1. The molecule has 13 rings (SSSR count). The fourth-order valence-corrected chi connectivity index (χ4v) is 11.4. The monoisotopic (exact) mass is 859 g/mol. The number of aromatic nitrogens is 1. The highest BCUT2D eigenvalue weighted by atomic mass is 32.1. The van der Waals surface area contributed by atoms with Crippen molar-refractivity contribution in [2.45, 2.75) is 0 Å². The average molecular weight is 860 g/mol. The third-order valence-corrected chi connectivity index (χ3v) is 14.3. The molecule has 310 valence electrons. The minimum Gasteiger partial charge on any atom is -0.310 e. The second kappa shape index (κ2) is 15.7. The maximum absolute atomic E-state index is 2.46. The first-order valence-electron chi connectivity index (χ1n) is 22.5. The molecular formula is C62H41N3S. The number of anilines is 6. The lowest BCUT2D eigenvalue weighted by Gasteiger charge is -2.31. The Bertz CT molecular complexity index is 3800. The first-order valence-corrected chi connectivity index (χ1v) is 23.3. The van der Waals surface area contributed by atoms with Crippen LogP contribution in [-0.2, 0) is 0 Å². The van der Waals surface area contributed by atoms with E-state index in [2.05, 4.69) is 263 Å². The number of nitrogens with zero attached hydrogens (tertiary/aromatic N) is 3. The molecule has 0 saturated carbocycles. The van der Waals surface area contributed by atoms with Gasteiger partial charge in [0.25, 0.3) is 0 Å². The van der Waals surface area contributed by atoms with Gasteiger partial charge in [0, 0.05) is 70.2 Å². The first-order chi connectivity index (χ1) is 32.7. The molecule has 2 heterocycles. The van der Waals surface area contributed by atoms with Gasteiger partial charge in [0.1, 0.15) is 0 Å². The fourth-order valence-electron chi connectivity index (χ4n) is 10.2. The third-order valence-electron chi connectivity index (χ3n) is 13.1. The molecule has 0 aliphatic heterocycles. The van der Waals surface area contributed by atoms with Gasteiger partial charge in [-0.05, 0) is 107 Å². The van der Waals surface area contributed by atoms with E-state index in [4.69, 9.17) is 0 Å². The molecule has 3 nitrogen and oxygen atoms in total. The van der Waals surface area contributed by atoms with E-state index in [-0.39, 0.29) is 0 Å². The summed E-state index contributed by atoms with van der Waals surface area (Å²) in [6.45, 7) is 0. The van der Waals surface area contributed by atoms with Gasteiger partial charge in [0.05, 0.1) is 22.4 Å². The fraction of sp³-hybridized carbons (Fsp3) is 0. The molecule has 66 heavy (non-hydrogen) atoms. The Balaban J connectivity index is 1.12. The van der Waals surface area contributed by atoms with E-state index >= 15 is 0 Å². The Hall–Kier alpha value is -8.44. The molecular weight excluding hydrogens is 819 g/mol. The van der Waals surface area contributed by atoms with E-state index in [1.165, 1.54) is 63.5 Å². The van der Waals surface area contributed by atoms with E-state index in [0.29, 0.717) is 0 Å². The number of para-hydroxylation sites is 3. The van der Waals surface area contributed by atoms with E-state index in [1.54, 1.807) is 0 Å². The lowest BCUT2D eigenvalue weighted by Crippen LogP contribution is -2.14. The largest absolute Gasteiger partial charge is 0.310 e. The Kier molecular flexibility index (Phi) is 9.03. The van der Waals surface area contributed by atoms with Gasteiger partial charge in [-0.1, -0.05) is 164 Å². The third kappa shape index (κ3) is 6.26. The zero-order chi connectivity index (χ0) is 43.6. The van der Waals surface area contributed by atoms with Gasteiger partial charge in [-0.25, -0.2) is 0 Å². The van der Waals surface area contributed by atoms with Crippen LogP contribution in [0.4, 0.5) is 34.1 Å². The van der Waals surface area contributed by atoms with Crippen molar-refractivity contribution in [2.75, 3.05) is 9.80 Å². The van der Waals surface area contributed by atoms with Crippen molar-refractivity contribution in [1.82, 2.24) is 4.57 Å². The quantitative estimate of drug-likeness (QED) is 0.151. The summed E-state index contributed by atoms with van der Waals surface area (Å²) in [6, 6.07) is 90.8. The Morgan fingerprint density at radius 1 is 0.318 bits per heavy atom. The van der Waals surface area contributed by atoms with Crippen molar-refractivity contribution in [3.05, 3.63) is 249 Å². The van der Waals surface area contributed by atoms with Gasteiger partial charge in [-0.3, -0.25) is 0 Å². The zero-order valence-corrected chi connectivity index (χ0v) is 36.7. The van der Waals surface area contributed by atoms with Crippen molar-refractivity contribution in [3.8, 4) is 16.8 Å². The molecule has 0 bridgehead atoms. The number of rotatable bonds is 8. The van der Waals surface area contributed by atoms with Crippen LogP contribution in [0, 0.1) is 0 Å². The molecule has 0 atom stereocenters. The van der Waals surface area contributed by atoms with Gasteiger partial charge < -0.3 is 14.4 Å². The Labute approximate surface area is 386 Å². The summed E-state index contributed by atoms with van der Waals surface area (Å²) in [4.78, 5) is 4.86. The molecule has 0 fully saturated rings. The van der Waals surface area contributed by atoms with Crippen LogP contribution in [0.2, 0.25) is 0 Å². The van der Waals surface area contributed by atoms with Crippen molar-refractivity contribution in [2.24, 2.45) is 0 Å². The molecule has 0 saturated heterocycles. The predicted molar refractivity (Wildman–Crippen MR) is 283 cm³/mol. The van der Waals surface area contributed by atoms with Crippen LogP contribution in [-0.4, -0.2) is 4.57 Å². The lowest BCUT2D eigenvalue weighted by atomic mass is 9.99.